The zero-order valence-electron chi connectivity index (χ0n) is 14.0. The number of fused-ring (bicyclic) bond motifs is 1. The van der Waals surface area contributed by atoms with Crippen molar-refractivity contribution in [1.29, 1.82) is 0 Å². The smallest absolute Gasteiger partial charge is 0.223 e. The van der Waals surface area contributed by atoms with Crippen LogP contribution in [0.2, 0.25) is 0 Å². The summed E-state index contributed by atoms with van der Waals surface area (Å²) >= 11 is 0. The maximum Gasteiger partial charge on any atom is 0.223 e. The van der Waals surface area contributed by atoms with Gasteiger partial charge in [0.2, 0.25) is 5.91 Å². The molecule has 25 heavy (non-hydrogen) atoms. The van der Waals surface area contributed by atoms with Crippen LogP contribution in [0, 0.1) is 5.92 Å². The number of aromatic nitrogens is 4. The molecule has 0 spiro atoms. The highest BCUT2D eigenvalue weighted by atomic mass is 16.2. The number of nitrogens with one attached hydrogen (secondary N) is 2. The van der Waals surface area contributed by atoms with E-state index in [1.54, 1.807) is 6.20 Å². The number of aromatic amines is 1. The molecule has 1 amide bonds. The van der Waals surface area contributed by atoms with Gasteiger partial charge in [0.1, 0.15) is 17.8 Å². The molecule has 0 saturated carbocycles. The number of carbonyl (C=O) groups is 1. The van der Waals surface area contributed by atoms with Crippen molar-refractivity contribution in [2.24, 2.45) is 5.92 Å². The third kappa shape index (κ3) is 2.82. The lowest BCUT2D eigenvalue weighted by atomic mass is 9.94. The van der Waals surface area contributed by atoms with Crippen molar-refractivity contribution in [3.63, 3.8) is 0 Å². The predicted octanol–water partition coefficient (Wildman–Crippen LogP) is 2.37. The zero-order valence-corrected chi connectivity index (χ0v) is 14.0. The summed E-state index contributed by atoms with van der Waals surface area (Å²) in [4.78, 5) is 30.2. The van der Waals surface area contributed by atoms with Gasteiger partial charge in [-0.05, 0) is 24.6 Å². The van der Waals surface area contributed by atoms with Gasteiger partial charge in [-0.1, -0.05) is 6.07 Å². The van der Waals surface area contributed by atoms with Gasteiger partial charge >= 0.3 is 0 Å². The van der Waals surface area contributed by atoms with Crippen LogP contribution in [-0.4, -0.2) is 43.8 Å². The Balaban J connectivity index is 1.58. The minimum absolute atomic E-state index is 0.0438. The minimum atomic E-state index is 0.0438. The molecule has 7 heteroatoms. The monoisotopic (exact) mass is 336 g/mol. The lowest BCUT2D eigenvalue weighted by Gasteiger charge is -2.27. The van der Waals surface area contributed by atoms with Crippen molar-refractivity contribution < 1.29 is 4.79 Å². The first-order chi connectivity index (χ1) is 12.3. The zero-order chi connectivity index (χ0) is 17.2. The summed E-state index contributed by atoms with van der Waals surface area (Å²) in [6, 6.07) is 5.96. The number of likely N-dealkylation sites (tertiary alicyclic amines) is 1. The number of nitrogens with zero attached hydrogens (tertiary/aromatic N) is 4. The summed E-state index contributed by atoms with van der Waals surface area (Å²) in [7, 11) is 0. The van der Waals surface area contributed by atoms with E-state index < -0.39 is 0 Å². The average molecular weight is 336 g/mol. The molecule has 1 fully saturated rings. The fraction of sp³-hybridized carbons (Fsp3) is 0.333. The molecular weight excluding hydrogens is 316 g/mol. The second-order valence-corrected chi connectivity index (χ2v) is 6.22. The van der Waals surface area contributed by atoms with E-state index in [0.29, 0.717) is 19.5 Å². The van der Waals surface area contributed by atoms with E-state index >= 15 is 0 Å². The van der Waals surface area contributed by atoms with Crippen LogP contribution in [0.1, 0.15) is 24.9 Å². The standard InChI is InChI=1S/C18H20N6O/c1-2-24-15(25)8-13(16(24)12-4-3-6-19-9-12)10-21-18-14-5-7-20-17(14)22-11-23-18/h3-7,9,11,13,16H,2,8,10H2,1H3,(H2,20,21,22,23)/t13-,16-/m0/s1. The van der Waals surface area contributed by atoms with E-state index in [9.17, 15) is 4.79 Å². The molecule has 2 atom stereocenters. The second kappa shape index (κ2) is 6.51. The number of rotatable bonds is 5. The van der Waals surface area contributed by atoms with Gasteiger partial charge < -0.3 is 15.2 Å². The molecule has 2 N–H and O–H groups in total. The van der Waals surface area contributed by atoms with Crippen molar-refractivity contribution in [2.45, 2.75) is 19.4 Å². The topological polar surface area (TPSA) is 86.8 Å². The van der Waals surface area contributed by atoms with Gasteiger partial charge in [-0.15, -0.1) is 0 Å². The highest BCUT2D eigenvalue weighted by molar-refractivity contribution is 5.86. The average Bonchev–Trinajstić information content (AvgIpc) is 3.24. The lowest BCUT2D eigenvalue weighted by Crippen LogP contribution is -2.30. The highest BCUT2D eigenvalue weighted by Gasteiger charge is 2.39. The molecule has 4 rings (SSSR count). The molecule has 0 unspecified atom stereocenters. The number of pyridine rings is 1. The summed E-state index contributed by atoms with van der Waals surface area (Å²) in [5, 5.41) is 4.37. The molecule has 3 aromatic rings. The molecule has 7 nitrogen and oxygen atoms in total. The van der Waals surface area contributed by atoms with Crippen molar-refractivity contribution in [1.82, 2.24) is 24.8 Å². The highest BCUT2D eigenvalue weighted by Crippen LogP contribution is 2.37. The first kappa shape index (κ1) is 15.6. The van der Waals surface area contributed by atoms with Crippen molar-refractivity contribution in [2.75, 3.05) is 18.4 Å². The van der Waals surface area contributed by atoms with Crippen LogP contribution in [0.5, 0.6) is 0 Å². The Kier molecular flexibility index (Phi) is 4.05. The Hall–Kier alpha value is -2.96. The molecule has 128 valence electrons. The van der Waals surface area contributed by atoms with Gasteiger partial charge in [0.15, 0.2) is 0 Å². The van der Waals surface area contributed by atoms with Crippen molar-refractivity contribution >= 4 is 22.8 Å². The largest absolute Gasteiger partial charge is 0.369 e. The summed E-state index contributed by atoms with van der Waals surface area (Å²) < 4.78 is 0. The summed E-state index contributed by atoms with van der Waals surface area (Å²) in [6.45, 7) is 3.38. The van der Waals surface area contributed by atoms with Crippen LogP contribution >= 0.6 is 0 Å². The molecule has 1 aliphatic rings. The van der Waals surface area contributed by atoms with E-state index in [-0.39, 0.29) is 17.9 Å². The number of hydrogen-bond donors (Lipinski definition) is 2. The number of hydrogen-bond acceptors (Lipinski definition) is 5. The van der Waals surface area contributed by atoms with Gasteiger partial charge in [-0.2, -0.15) is 0 Å². The Bertz CT molecular complexity index is 877. The summed E-state index contributed by atoms with van der Waals surface area (Å²) in [6.07, 6.45) is 7.53. The molecular formula is C18H20N6O. The Labute approximate surface area is 145 Å². The number of H-pyrrole nitrogens is 1. The van der Waals surface area contributed by atoms with E-state index in [0.717, 1.165) is 22.4 Å². The minimum Gasteiger partial charge on any atom is -0.369 e. The quantitative estimate of drug-likeness (QED) is 0.747. The van der Waals surface area contributed by atoms with E-state index in [1.807, 2.05) is 42.4 Å². The maximum atomic E-state index is 12.4. The normalized spacial score (nSPS) is 20.4. The van der Waals surface area contributed by atoms with Gasteiger partial charge in [-0.25, -0.2) is 9.97 Å². The first-order valence-corrected chi connectivity index (χ1v) is 8.49. The van der Waals surface area contributed by atoms with Gasteiger partial charge in [0.05, 0.1) is 11.4 Å². The first-order valence-electron chi connectivity index (χ1n) is 8.49. The SMILES string of the molecule is CCN1C(=O)C[C@@H](CNc2ncnc3[nH]ccc23)[C@@H]1c1cccnc1. The number of anilines is 1. The van der Waals surface area contributed by atoms with Gasteiger partial charge in [0.25, 0.3) is 0 Å². The maximum absolute atomic E-state index is 12.4. The van der Waals surface area contributed by atoms with E-state index in [2.05, 4.69) is 25.3 Å². The molecule has 4 heterocycles. The van der Waals surface area contributed by atoms with Gasteiger partial charge in [-0.3, -0.25) is 9.78 Å². The molecule has 0 bridgehead atoms. The van der Waals surface area contributed by atoms with Crippen LogP contribution in [0.25, 0.3) is 11.0 Å². The van der Waals surface area contributed by atoms with E-state index in [4.69, 9.17) is 0 Å². The molecule has 0 aliphatic carbocycles. The predicted molar refractivity (Wildman–Crippen MR) is 94.9 cm³/mol. The lowest BCUT2D eigenvalue weighted by molar-refractivity contribution is -0.128. The molecule has 3 aromatic heterocycles. The third-order valence-corrected chi connectivity index (χ3v) is 4.79. The Morgan fingerprint density at radius 2 is 2.28 bits per heavy atom. The summed E-state index contributed by atoms with van der Waals surface area (Å²) in [5.41, 5.74) is 1.88. The second-order valence-electron chi connectivity index (χ2n) is 6.22. The Morgan fingerprint density at radius 3 is 3.08 bits per heavy atom. The van der Waals surface area contributed by atoms with Gasteiger partial charge in [0, 0.05) is 44.0 Å². The van der Waals surface area contributed by atoms with Crippen molar-refractivity contribution in [3.05, 3.63) is 48.7 Å². The Morgan fingerprint density at radius 1 is 1.36 bits per heavy atom. The van der Waals surface area contributed by atoms with Crippen LogP contribution in [-0.2, 0) is 4.79 Å². The molecule has 0 radical (unpaired) electrons. The van der Waals surface area contributed by atoms with Crippen LogP contribution in [0.15, 0.2) is 43.1 Å². The number of carbonyl (C=O) groups excluding carboxylic acids is 1. The fourth-order valence-corrected chi connectivity index (χ4v) is 3.66. The van der Waals surface area contributed by atoms with Crippen LogP contribution in [0.4, 0.5) is 5.82 Å². The fourth-order valence-electron chi connectivity index (χ4n) is 3.66. The van der Waals surface area contributed by atoms with Crippen LogP contribution in [0.3, 0.4) is 0 Å². The molecule has 1 aliphatic heterocycles. The number of amides is 1. The third-order valence-electron chi connectivity index (χ3n) is 4.79. The summed E-state index contributed by atoms with van der Waals surface area (Å²) in [5.74, 6) is 1.15. The van der Waals surface area contributed by atoms with E-state index in [1.165, 1.54) is 6.33 Å². The van der Waals surface area contributed by atoms with Crippen molar-refractivity contribution in [3.8, 4) is 0 Å². The van der Waals surface area contributed by atoms with Crippen LogP contribution < -0.4 is 5.32 Å². The molecule has 1 saturated heterocycles. The molecule has 0 aromatic carbocycles.